The Morgan fingerprint density at radius 1 is 1.50 bits per heavy atom. The summed E-state index contributed by atoms with van der Waals surface area (Å²) in [7, 11) is 1.75. The van der Waals surface area contributed by atoms with E-state index in [-0.39, 0.29) is 0 Å². The predicted octanol–water partition coefficient (Wildman–Crippen LogP) is 1.36. The molecule has 2 N–H and O–H groups in total. The van der Waals surface area contributed by atoms with Crippen LogP contribution in [0.15, 0.2) is 18.5 Å². The molecule has 1 saturated carbocycles. The van der Waals surface area contributed by atoms with E-state index in [9.17, 15) is 0 Å². The van der Waals surface area contributed by atoms with Crippen LogP contribution in [0.5, 0.6) is 0 Å². The van der Waals surface area contributed by atoms with Gasteiger partial charge in [0.25, 0.3) is 0 Å². The Labute approximate surface area is 93.2 Å². The minimum atomic E-state index is 0.365. The number of hydrogen-bond acceptors (Lipinski definition) is 4. The van der Waals surface area contributed by atoms with Crippen molar-refractivity contribution in [2.75, 3.05) is 12.8 Å². The number of nitrogens with zero attached hydrogens (tertiary/aromatic N) is 3. The summed E-state index contributed by atoms with van der Waals surface area (Å²) in [5.41, 5.74) is 7.86. The largest absolute Gasteiger partial charge is 0.381 e. The fourth-order valence-corrected chi connectivity index (χ4v) is 2.29. The highest BCUT2D eigenvalue weighted by Crippen LogP contribution is 2.37. The number of nitrogens with two attached hydrogens (primary N) is 1. The Balaban J connectivity index is 2.00. The van der Waals surface area contributed by atoms with Crippen LogP contribution >= 0.6 is 0 Å². The molecule has 1 aliphatic rings. The van der Waals surface area contributed by atoms with Crippen molar-refractivity contribution in [3.63, 3.8) is 0 Å². The lowest BCUT2D eigenvalue weighted by Crippen LogP contribution is -2.32. The van der Waals surface area contributed by atoms with E-state index in [1.54, 1.807) is 19.5 Å². The molecule has 5 nitrogen and oxygen atoms in total. The third kappa shape index (κ3) is 1.28. The van der Waals surface area contributed by atoms with Crippen LogP contribution in [0.3, 0.4) is 0 Å². The summed E-state index contributed by atoms with van der Waals surface area (Å²) < 4.78 is 7.37. The molecule has 0 bridgehead atoms. The number of imidazole rings is 1. The highest BCUT2D eigenvalue weighted by molar-refractivity contribution is 5.77. The lowest BCUT2D eigenvalue weighted by molar-refractivity contribution is 0.00798. The number of aromatic nitrogens is 3. The third-order valence-corrected chi connectivity index (χ3v) is 3.29. The van der Waals surface area contributed by atoms with Crippen molar-refractivity contribution in [2.24, 2.45) is 0 Å². The zero-order chi connectivity index (χ0) is 11.1. The maximum atomic E-state index is 5.93. The van der Waals surface area contributed by atoms with Crippen molar-refractivity contribution in [3.05, 3.63) is 18.5 Å². The van der Waals surface area contributed by atoms with Gasteiger partial charge in [0.15, 0.2) is 0 Å². The van der Waals surface area contributed by atoms with Gasteiger partial charge in [-0.3, -0.25) is 4.98 Å². The standard InChI is InChI=1S/C11H14N4O/c1-16-8-4-7(5-8)15-10-2-3-13-6-9(10)14-11(15)12/h2-3,6-8H,4-5H2,1H3,(H2,12,14). The number of methoxy groups -OCH3 is 1. The first-order chi connectivity index (χ1) is 7.79. The van der Waals surface area contributed by atoms with Gasteiger partial charge in [-0.25, -0.2) is 4.98 Å². The Morgan fingerprint density at radius 3 is 3.06 bits per heavy atom. The monoisotopic (exact) mass is 218 g/mol. The molecule has 0 amide bonds. The molecular formula is C11H14N4O. The van der Waals surface area contributed by atoms with Gasteiger partial charge in [0.1, 0.15) is 5.52 Å². The van der Waals surface area contributed by atoms with E-state index in [1.165, 1.54) is 0 Å². The molecule has 3 rings (SSSR count). The number of hydrogen-bond donors (Lipinski definition) is 1. The van der Waals surface area contributed by atoms with Gasteiger partial charge in [0.05, 0.1) is 17.8 Å². The second kappa shape index (κ2) is 3.45. The third-order valence-electron chi connectivity index (χ3n) is 3.29. The number of nitrogen functional groups attached to an aromatic ring is 1. The minimum Gasteiger partial charge on any atom is -0.381 e. The molecule has 0 unspecified atom stereocenters. The molecule has 1 aliphatic carbocycles. The predicted molar refractivity (Wildman–Crippen MR) is 61.0 cm³/mol. The number of pyridine rings is 1. The van der Waals surface area contributed by atoms with E-state index in [1.807, 2.05) is 6.07 Å². The molecule has 0 radical (unpaired) electrons. The first-order valence-corrected chi connectivity index (χ1v) is 5.40. The second-order valence-corrected chi connectivity index (χ2v) is 4.19. The smallest absolute Gasteiger partial charge is 0.201 e. The lowest BCUT2D eigenvalue weighted by Gasteiger charge is -2.35. The summed E-state index contributed by atoms with van der Waals surface area (Å²) in [6.07, 6.45) is 5.90. The van der Waals surface area contributed by atoms with Crippen LogP contribution < -0.4 is 5.73 Å². The lowest BCUT2D eigenvalue weighted by atomic mass is 9.89. The molecule has 2 aromatic heterocycles. The average Bonchev–Trinajstić information content (AvgIpc) is 2.54. The van der Waals surface area contributed by atoms with Gasteiger partial charge in [-0.15, -0.1) is 0 Å². The van der Waals surface area contributed by atoms with Gasteiger partial charge in [-0.1, -0.05) is 0 Å². The molecule has 0 atom stereocenters. The van der Waals surface area contributed by atoms with Crippen LogP contribution in [0.1, 0.15) is 18.9 Å². The Hall–Kier alpha value is -1.62. The van der Waals surface area contributed by atoms with E-state index >= 15 is 0 Å². The van der Waals surface area contributed by atoms with Gasteiger partial charge < -0.3 is 15.0 Å². The zero-order valence-electron chi connectivity index (χ0n) is 9.13. The summed E-state index contributed by atoms with van der Waals surface area (Å²) in [6, 6.07) is 2.37. The molecule has 0 aromatic carbocycles. The van der Waals surface area contributed by atoms with Crippen LogP contribution in [0.2, 0.25) is 0 Å². The number of rotatable bonds is 2. The zero-order valence-corrected chi connectivity index (χ0v) is 9.13. The number of anilines is 1. The Kier molecular flexibility index (Phi) is 2.07. The molecule has 0 spiro atoms. The molecule has 5 heteroatoms. The molecule has 1 fully saturated rings. The fraction of sp³-hybridized carbons (Fsp3) is 0.455. The first-order valence-electron chi connectivity index (χ1n) is 5.40. The van der Waals surface area contributed by atoms with Gasteiger partial charge in [0, 0.05) is 19.3 Å². The first kappa shape index (κ1) is 9.59. The molecule has 16 heavy (non-hydrogen) atoms. The van der Waals surface area contributed by atoms with E-state index in [0.717, 1.165) is 23.9 Å². The number of fused-ring (bicyclic) bond motifs is 1. The summed E-state index contributed by atoms with van der Waals surface area (Å²) in [5.74, 6) is 0.572. The van der Waals surface area contributed by atoms with Crippen molar-refractivity contribution >= 4 is 17.0 Å². The maximum Gasteiger partial charge on any atom is 0.201 e. The quantitative estimate of drug-likeness (QED) is 0.826. The second-order valence-electron chi connectivity index (χ2n) is 4.19. The van der Waals surface area contributed by atoms with Crippen LogP contribution in [0.4, 0.5) is 5.95 Å². The number of ether oxygens (including phenoxy) is 1. The summed E-state index contributed by atoms with van der Waals surface area (Å²) in [5, 5.41) is 0. The molecule has 0 aliphatic heterocycles. The van der Waals surface area contributed by atoms with Crippen molar-refractivity contribution in [1.82, 2.24) is 14.5 Å². The SMILES string of the molecule is COC1CC(n2c(N)nc3cnccc32)C1. The minimum absolute atomic E-state index is 0.365. The van der Waals surface area contributed by atoms with Gasteiger partial charge >= 0.3 is 0 Å². The normalized spacial score (nSPS) is 24.6. The summed E-state index contributed by atoms with van der Waals surface area (Å²) >= 11 is 0. The topological polar surface area (TPSA) is 66.0 Å². The molecule has 2 aromatic rings. The molecular weight excluding hydrogens is 204 g/mol. The van der Waals surface area contributed by atoms with Crippen molar-refractivity contribution in [3.8, 4) is 0 Å². The van der Waals surface area contributed by atoms with Crippen molar-refractivity contribution in [1.29, 1.82) is 0 Å². The van der Waals surface area contributed by atoms with Gasteiger partial charge in [-0.2, -0.15) is 0 Å². The Bertz CT molecular complexity index is 516. The van der Waals surface area contributed by atoms with Crippen LogP contribution in [-0.4, -0.2) is 27.7 Å². The van der Waals surface area contributed by atoms with Crippen LogP contribution in [-0.2, 0) is 4.74 Å². The van der Waals surface area contributed by atoms with E-state index < -0.39 is 0 Å². The fourth-order valence-electron chi connectivity index (χ4n) is 2.29. The Morgan fingerprint density at radius 2 is 2.31 bits per heavy atom. The van der Waals surface area contributed by atoms with Crippen molar-refractivity contribution in [2.45, 2.75) is 25.0 Å². The molecule has 84 valence electrons. The van der Waals surface area contributed by atoms with E-state index in [0.29, 0.717) is 18.1 Å². The van der Waals surface area contributed by atoms with Gasteiger partial charge in [-0.05, 0) is 18.9 Å². The molecule has 0 saturated heterocycles. The summed E-state index contributed by atoms with van der Waals surface area (Å²) in [4.78, 5) is 8.35. The van der Waals surface area contributed by atoms with E-state index in [2.05, 4.69) is 14.5 Å². The highest BCUT2D eigenvalue weighted by atomic mass is 16.5. The maximum absolute atomic E-state index is 5.93. The van der Waals surface area contributed by atoms with Crippen LogP contribution in [0, 0.1) is 0 Å². The van der Waals surface area contributed by atoms with Gasteiger partial charge in [0.2, 0.25) is 5.95 Å². The summed E-state index contributed by atoms with van der Waals surface area (Å²) in [6.45, 7) is 0. The average molecular weight is 218 g/mol. The molecule has 2 heterocycles. The van der Waals surface area contributed by atoms with Crippen molar-refractivity contribution < 1.29 is 4.74 Å². The van der Waals surface area contributed by atoms with E-state index in [4.69, 9.17) is 10.5 Å². The van der Waals surface area contributed by atoms with Crippen LogP contribution in [0.25, 0.3) is 11.0 Å². The highest BCUT2D eigenvalue weighted by Gasteiger charge is 2.32.